The molecule has 0 aliphatic carbocycles. The fourth-order valence-corrected chi connectivity index (χ4v) is 4.30. The molecule has 0 saturated carbocycles. The molecule has 0 bridgehead atoms. The number of urea groups is 1. The molecular formula is C30H27Cl2N3O7. The van der Waals surface area contributed by atoms with Crippen molar-refractivity contribution in [2.75, 3.05) is 30.0 Å². The molecule has 0 aromatic heterocycles. The molecule has 1 heterocycles. The number of para-hydroxylation sites is 1. The molecule has 1 fully saturated rings. The summed E-state index contributed by atoms with van der Waals surface area (Å²) >= 11 is 12.3. The fourth-order valence-electron chi connectivity index (χ4n) is 3.94. The fraction of sp³-hybridized carbons (Fsp3) is 0.200. The van der Waals surface area contributed by atoms with Crippen molar-refractivity contribution in [1.29, 1.82) is 0 Å². The van der Waals surface area contributed by atoms with E-state index in [4.69, 9.17) is 37.4 Å². The second kappa shape index (κ2) is 13.9. The average Bonchev–Trinajstić information content (AvgIpc) is 2.95. The number of carbonyl (C=O) groups excluding carboxylic acids is 4. The lowest BCUT2D eigenvalue weighted by molar-refractivity contribution is -0.122. The first-order valence-corrected chi connectivity index (χ1v) is 13.7. The Morgan fingerprint density at radius 1 is 0.929 bits per heavy atom. The lowest BCUT2D eigenvalue weighted by Gasteiger charge is -2.27. The van der Waals surface area contributed by atoms with E-state index in [2.05, 4.69) is 10.6 Å². The Bertz CT molecular complexity index is 1560. The van der Waals surface area contributed by atoms with Crippen molar-refractivity contribution >= 4 is 64.4 Å². The smallest absolute Gasteiger partial charge is 0.335 e. The van der Waals surface area contributed by atoms with E-state index in [1.54, 1.807) is 37.3 Å². The third-order valence-electron chi connectivity index (χ3n) is 5.83. The van der Waals surface area contributed by atoms with E-state index in [0.717, 1.165) is 11.3 Å². The van der Waals surface area contributed by atoms with Crippen LogP contribution in [0.25, 0.3) is 6.08 Å². The molecule has 1 aliphatic rings. The summed E-state index contributed by atoms with van der Waals surface area (Å²) in [7, 11) is 0. The number of benzene rings is 3. The minimum Gasteiger partial charge on any atom is -0.490 e. The van der Waals surface area contributed by atoms with Crippen LogP contribution in [0.2, 0.25) is 10.0 Å². The number of amides is 5. The topological polar surface area (TPSA) is 123 Å². The summed E-state index contributed by atoms with van der Waals surface area (Å²) in [5.41, 5.74) is 0.463. The van der Waals surface area contributed by atoms with E-state index in [1.807, 2.05) is 6.92 Å². The first-order valence-electron chi connectivity index (χ1n) is 13.0. The molecule has 5 amide bonds. The Kier molecular flexibility index (Phi) is 10.1. The molecular weight excluding hydrogens is 585 g/mol. The predicted octanol–water partition coefficient (Wildman–Crippen LogP) is 5.86. The monoisotopic (exact) mass is 611 g/mol. The van der Waals surface area contributed by atoms with Gasteiger partial charge in [0, 0.05) is 16.7 Å². The van der Waals surface area contributed by atoms with Gasteiger partial charge in [-0.1, -0.05) is 42.3 Å². The van der Waals surface area contributed by atoms with Gasteiger partial charge in [-0.2, -0.15) is 0 Å². The molecule has 0 unspecified atom stereocenters. The number of nitrogens with one attached hydrogen (secondary N) is 2. The Morgan fingerprint density at radius 2 is 1.69 bits per heavy atom. The number of hydrogen-bond donors (Lipinski definition) is 2. The Labute approximate surface area is 252 Å². The van der Waals surface area contributed by atoms with Gasteiger partial charge >= 0.3 is 6.03 Å². The van der Waals surface area contributed by atoms with Gasteiger partial charge in [0.25, 0.3) is 17.7 Å². The van der Waals surface area contributed by atoms with Gasteiger partial charge in [0.2, 0.25) is 0 Å². The van der Waals surface area contributed by atoms with Crippen LogP contribution in [0.5, 0.6) is 17.2 Å². The molecule has 10 nitrogen and oxygen atoms in total. The van der Waals surface area contributed by atoms with Gasteiger partial charge in [-0.25, -0.2) is 9.69 Å². The molecule has 1 saturated heterocycles. The maximum absolute atomic E-state index is 13.5. The molecule has 0 radical (unpaired) electrons. The van der Waals surface area contributed by atoms with Crippen LogP contribution in [0.3, 0.4) is 0 Å². The summed E-state index contributed by atoms with van der Waals surface area (Å²) in [5, 5.41) is 5.48. The molecule has 2 N–H and O–H groups in total. The highest BCUT2D eigenvalue weighted by Crippen LogP contribution is 2.34. The number of ether oxygens (including phenoxy) is 3. The molecule has 0 spiro atoms. The highest BCUT2D eigenvalue weighted by Gasteiger charge is 2.37. The van der Waals surface area contributed by atoms with E-state index >= 15 is 0 Å². The van der Waals surface area contributed by atoms with Crippen LogP contribution in [-0.4, -0.2) is 43.6 Å². The minimum absolute atomic E-state index is 0.168. The van der Waals surface area contributed by atoms with Gasteiger partial charge in [0.05, 0.1) is 29.6 Å². The van der Waals surface area contributed by atoms with Gasteiger partial charge < -0.3 is 19.5 Å². The van der Waals surface area contributed by atoms with Gasteiger partial charge in [-0.3, -0.25) is 19.7 Å². The quantitative estimate of drug-likeness (QED) is 0.205. The van der Waals surface area contributed by atoms with Crippen molar-refractivity contribution in [2.24, 2.45) is 0 Å². The molecule has 1 aliphatic heterocycles. The highest BCUT2D eigenvalue weighted by molar-refractivity contribution is 6.39. The molecule has 218 valence electrons. The summed E-state index contributed by atoms with van der Waals surface area (Å²) in [6, 6.07) is 14.9. The maximum atomic E-state index is 13.5. The molecule has 12 heteroatoms. The average molecular weight is 612 g/mol. The number of carbonyl (C=O) groups is 4. The normalized spacial score (nSPS) is 14.0. The van der Waals surface area contributed by atoms with Gasteiger partial charge in [0.1, 0.15) is 11.3 Å². The van der Waals surface area contributed by atoms with Crippen LogP contribution in [0.15, 0.2) is 66.2 Å². The van der Waals surface area contributed by atoms with Crippen molar-refractivity contribution in [2.45, 2.75) is 20.3 Å². The molecule has 3 aromatic carbocycles. The SMILES string of the molecule is CCCOc1ccc(N2C(=O)NC(=O)/C(=C\c3cc(Cl)ccc3OCC(=O)Nc3ccccc3Cl)C2=O)cc1OCC. The predicted molar refractivity (Wildman–Crippen MR) is 159 cm³/mol. The molecule has 3 aromatic rings. The van der Waals surface area contributed by atoms with Crippen molar-refractivity contribution in [3.05, 3.63) is 81.8 Å². The molecule has 0 atom stereocenters. The highest BCUT2D eigenvalue weighted by atomic mass is 35.5. The molecule has 4 rings (SSSR count). The number of anilines is 2. The zero-order chi connectivity index (χ0) is 30.2. The van der Waals surface area contributed by atoms with Crippen LogP contribution in [0, 0.1) is 0 Å². The number of barbiturate groups is 1. The van der Waals surface area contributed by atoms with Gasteiger partial charge in [0.15, 0.2) is 18.1 Å². The zero-order valence-corrected chi connectivity index (χ0v) is 24.3. The summed E-state index contributed by atoms with van der Waals surface area (Å²) in [6.45, 7) is 4.13. The van der Waals surface area contributed by atoms with E-state index < -0.39 is 30.4 Å². The molecule has 42 heavy (non-hydrogen) atoms. The number of rotatable bonds is 11. The van der Waals surface area contributed by atoms with Crippen LogP contribution in [0.1, 0.15) is 25.8 Å². The summed E-state index contributed by atoms with van der Waals surface area (Å²) in [6.07, 6.45) is 2.02. The first-order chi connectivity index (χ1) is 20.2. The third-order valence-corrected chi connectivity index (χ3v) is 6.39. The Balaban J connectivity index is 1.60. The van der Waals surface area contributed by atoms with Crippen molar-refractivity contribution < 1.29 is 33.4 Å². The van der Waals surface area contributed by atoms with Gasteiger partial charge in [-0.05, 0) is 61.9 Å². The summed E-state index contributed by atoms with van der Waals surface area (Å²) < 4.78 is 17.0. The Hall–Kier alpha value is -4.54. The van der Waals surface area contributed by atoms with E-state index in [1.165, 1.54) is 36.4 Å². The first kappa shape index (κ1) is 30.4. The summed E-state index contributed by atoms with van der Waals surface area (Å²) in [4.78, 5) is 52.4. The minimum atomic E-state index is -0.925. The van der Waals surface area contributed by atoms with Crippen molar-refractivity contribution in [3.63, 3.8) is 0 Å². The van der Waals surface area contributed by atoms with Crippen LogP contribution in [0.4, 0.5) is 16.2 Å². The van der Waals surface area contributed by atoms with Crippen LogP contribution < -0.4 is 29.7 Å². The maximum Gasteiger partial charge on any atom is 0.335 e. The lowest BCUT2D eigenvalue weighted by Crippen LogP contribution is -2.54. The van der Waals surface area contributed by atoms with E-state index in [9.17, 15) is 19.2 Å². The Morgan fingerprint density at radius 3 is 2.43 bits per heavy atom. The number of imide groups is 2. The number of halogens is 2. The second-order valence-electron chi connectivity index (χ2n) is 8.87. The van der Waals surface area contributed by atoms with E-state index in [-0.39, 0.29) is 27.6 Å². The third kappa shape index (κ3) is 7.20. The van der Waals surface area contributed by atoms with Crippen LogP contribution >= 0.6 is 23.2 Å². The number of nitrogens with zero attached hydrogens (tertiary/aromatic N) is 1. The standard InChI is InChI=1S/C30H27Cl2N3O7/c1-3-13-41-25-12-10-20(16-26(25)40-4-2)35-29(38)21(28(37)34-30(35)39)15-18-14-19(31)9-11-24(18)42-17-27(36)33-23-8-6-5-7-22(23)32/h5-12,14-16H,3-4,13,17H2,1-2H3,(H,33,36)(H,34,37,39)/b21-15+. The van der Waals surface area contributed by atoms with E-state index in [0.29, 0.717) is 35.4 Å². The zero-order valence-electron chi connectivity index (χ0n) is 22.7. The second-order valence-corrected chi connectivity index (χ2v) is 9.71. The van der Waals surface area contributed by atoms with Crippen molar-refractivity contribution in [3.8, 4) is 17.2 Å². The number of hydrogen-bond acceptors (Lipinski definition) is 7. The van der Waals surface area contributed by atoms with Crippen molar-refractivity contribution in [1.82, 2.24) is 5.32 Å². The largest absolute Gasteiger partial charge is 0.490 e. The van der Waals surface area contributed by atoms with Crippen LogP contribution in [-0.2, 0) is 14.4 Å². The van der Waals surface area contributed by atoms with Gasteiger partial charge in [-0.15, -0.1) is 0 Å². The lowest BCUT2D eigenvalue weighted by atomic mass is 10.1. The summed E-state index contributed by atoms with van der Waals surface area (Å²) in [5.74, 6) is -1.31.